The second-order valence-corrected chi connectivity index (χ2v) is 7.52. The van der Waals surface area contributed by atoms with E-state index in [9.17, 15) is 13.2 Å². The van der Waals surface area contributed by atoms with Gasteiger partial charge in [-0.25, -0.2) is 8.42 Å². The van der Waals surface area contributed by atoms with Gasteiger partial charge in [0.2, 0.25) is 10.0 Å². The molecule has 0 aliphatic carbocycles. The van der Waals surface area contributed by atoms with Gasteiger partial charge in [0.1, 0.15) is 6.04 Å². The largest absolute Gasteiger partial charge is 0.468 e. The van der Waals surface area contributed by atoms with Crippen LogP contribution >= 0.6 is 23.2 Å². The van der Waals surface area contributed by atoms with Crippen molar-refractivity contribution in [2.75, 3.05) is 13.7 Å². The lowest BCUT2D eigenvalue weighted by Gasteiger charge is -2.32. The lowest BCUT2D eigenvalue weighted by Crippen LogP contribution is -2.48. The monoisotopic (exact) mass is 351 g/mol. The van der Waals surface area contributed by atoms with E-state index in [-0.39, 0.29) is 21.5 Å². The average molecular weight is 352 g/mol. The smallest absolute Gasteiger partial charge is 0.324 e. The van der Waals surface area contributed by atoms with Crippen molar-refractivity contribution < 1.29 is 17.9 Å². The van der Waals surface area contributed by atoms with Crippen LogP contribution in [0.15, 0.2) is 23.1 Å². The third-order valence-electron chi connectivity index (χ3n) is 3.37. The molecule has 0 amide bonds. The zero-order valence-electron chi connectivity index (χ0n) is 11.4. The van der Waals surface area contributed by atoms with E-state index in [0.29, 0.717) is 12.8 Å². The summed E-state index contributed by atoms with van der Waals surface area (Å²) in [7, 11) is -2.60. The Hall–Kier alpha value is -0.820. The quantitative estimate of drug-likeness (QED) is 0.785. The number of carbonyl (C=O) groups excluding carboxylic acids is 1. The normalized spacial score (nSPS) is 20.2. The molecular weight excluding hydrogens is 337 g/mol. The number of sulfonamides is 1. The standard InChI is InChI=1S/C13H15Cl2NO4S/c1-20-13(17)12-4-2-3-5-16(12)21(18,19)11-7-9(14)6-10(15)8-11/h6-8,12H,2-5H2,1H3. The predicted molar refractivity (Wildman–Crippen MR) is 80.0 cm³/mol. The number of piperidine rings is 1. The summed E-state index contributed by atoms with van der Waals surface area (Å²) in [6.07, 6.45) is 1.92. The SMILES string of the molecule is COC(=O)C1CCCCN1S(=O)(=O)c1cc(Cl)cc(Cl)c1. The summed E-state index contributed by atoms with van der Waals surface area (Å²) >= 11 is 11.7. The fraction of sp³-hybridized carbons (Fsp3) is 0.462. The molecule has 8 heteroatoms. The minimum atomic E-state index is -3.85. The van der Waals surface area contributed by atoms with Crippen LogP contribution in [0.4, 0.5) is 0 Å². The van der Waals surface area contributed by atoms with Crippen molar-refractivity contribution in [1.82, 2.24) is 4.31 Å². The Morgan fingerprint density at radius 1 is 1.24 bits per heavy atom. The Kier molecular flexibility index (Phi) is 5.14. The molecule has 1 atom stereocenters. The van der Waals surface area contributed by atoms with E-state index in [2.05, 4.69) is 0 Å². The van der Waals surface area contributed by atoms with Gasteiger partial charge in [-0.3, -0.25) is 4.79 Å². The first-order valence-corrected chi connectivity index (χ1v) is 8.61. The van der Waals surface area contributed by atoms with Gasteiger partial charge in [-0.15, -0.1) is 0 Å². The van der Waals surface area contributed by atoms with Gasteiger partial charge >= 0.3 is 5.97 Å². The maximum atomic E-state index is 12.7. The summed E-state index contributed by atoms with van der Waals surface area (Å²) in [5.41, 5.74) is 0. The fourth-order valence-electron chi connectivity index (χ4n) is 2.38. The molecule has 1 unspecified atom stereocenters. The number of esters is 1. The van der Waals surface area contributed by atoms with Gasteiger partial charge in [0.05, 0.1) is 12.0 Å². The third kappa shape index (κ3) is 3.51. The maximum absolute atomic E-state index is 12.7. The number of ether oxygens (including phenoxy) is 1. The van der Waals surface area contributed by atoms with Crippen molar-refractivity contribution in [3.05, 3.63) is 28.2 Å². The lowest BCUT2D eigenvalue weighted by atomic mass is 10.1. The molecule has 0 saturated carbocycles. The van der Waals surface area contributed by atoms with Crippen molar-refractivity contribution in [2.24, 2.45) is 0 Å². The Balaban J connectivity index is 2.42. The molecule has 5 nitrogen and oxygen atoms in total. The number of hydrogen-bond acceptors (Lipinski definition) is 4. The summed E-state index contributed by atoms with van der Waals surface area (Å²) in [4.78, 5) is 11.8. The highest BCUT2D eigenvalue weighted by atomic mass is 35.5. The number of methoxy groups -OCH3 is 1. The van der Waals surface area contributed by atoms with Crippen LogP contribution in [-0.2, 0) is 19.6 Å². The topological polar surface area (TPSA) is 63.7 Å². The zero-order valence-corrected chi connectivity index (χ0v) is 13.7. The molecule has 1 saturated heterocycles. The van der Waals surface area contributed by atoms with Gasteiger partial charge < -0.3 is 4.74 Å². The van der Waals surface area contributed by atoms with Gasteiger partial charge in [-0.05, 0) is 37.5 Å². The molecule has 1 aromatic rings. The van der Waals surface area contributed by atoms with E-state index < -0.39 is 22.0 Å². The van der Waals surface area contributed by atoms with Crippen molar-refractivity contribution in [3.8, 4) is 0 Å². The van der Waals surface area contributed by atoms with Gasteiger partial charge in [-0.2, -0.15) is 4.31 Å². The highest BCUT2D eigenvalue weighted by Gasteiger charge is 2.38. The summed E-state index contributed by atoms with van der Waals surface area (Å²) in [6.45, 7) is 0.270. The van der Waals surface area contributed by atoms with Gasteiger partial charge in [-0.1, -0.05) is 23.2 Å². The first-order valence-electron chi connectivity index (χ1n) is 6.42. The van der Waals surface area contributed by atoms with Gasteiger partial charge in [0, 0.05) is 16.6 Å². The number of halogens is 2. The molecule has 1 fully saturated rings. The summed E-state index contributed by atoms with van der Waals surface area (Å²) in [6, 6.07) is 3.31. The molecule has 1 heterocycles. The highest BCUT2D eigenvalue weighted by Crippen LogP contribution is 2.29. The molecule has 0 spiro atoms. The van der Waals surface area contributed by atoms with Gasteiger partial charge in [0.15, 0.2) is 0 Å². The Morgan fingerprint density at radius 2 is 1.86 bits per heavy atom. The van der Waals surface area contributed by atoms with E-state index in [1.54, 1.807) is 0 Å². The van der Waals surface area contributed by atoms with Crippen LogP contribution in [0.1, 0.15) is 19.3 Å². The van der Waals surface area contributed by atoms with Crippen LogP contribution in [0, 0.1) is 0 Å². The van der Waals surface area contributed by atoms with Crippen molar-refractivity contribution in [3.63, 3.8) is 0 Å². The van der Waals surface area contributed by atoms with E-state index in [0.717, 1.165) is 6.42 Å². The Labute approximate surface area is 133 Å². The number of benzene rings is 1. The van der Waals surface area contributed by atoms with Crippen molar-refractivity contribution in [2.45, 2.75) is 30.2 Å². The lowest BCUT2D eigenvalue weighted by molar-refractivity contribution is -0.146. The first kappa shape index (κ1) is 16.5. The molecule has 0 N–H and O–H groups in total. The van der Waals surface area contributed by atoms with Crippen LogP contribution in [0.2, 0.25) is 10.0 Å². The number of nitrogens with zero attached hydrogens (tertiary/aromatic N) is 1. The van der Waals surface area contributed by atoms with Crippen molar-refractivity contribution >= 4 is 39.2 Å². The second kappa shape index (κ2) is 6.52. The molecule has 116 valence electrons. The van der Waals surface area contributed by atoms with E-state index in [1.165, 1.54) is 29.6 Å². The van der Waals surface area contributed by atoms with Crippen LogP contribution in [0.25, 0.3) is 0 Å². The molecule has 1 aliphatic heterocycles. The summed E-state index contributed by atoms with van der Waals surface area (Å²) in [5, 5.41) is 0.459. The summed E-state index contributed by atoms with van der Waals surface area (Å²) in [5.74, 6) is -0.550. The molecule has 0 aromatic heterocycles. The second-order valence-electron chi connectivity index (χ2n) is 4.76. The maximum Gasteiger partial charge on any atom is 0.324 e. The molecular formula is C13H15Cl2NO4S. The van der Waals surface area contributed by atoms with E-state index >= 15 is 0 Å². The van der Waals surface area contributed by atoms with E-state index in [1.807, 2.05) is 0 Å². The van der Waals surface area contributed by atoms with E-state index in [4.69, 9.17) is 27.9 Å². The molecule has 1 aliphatic rings. The highest BCUT2D eigenvalue weighted by molar-refractivity contribution is 7.89. The number of hydrogen-bond donors (Lipinski definition) is 0. The average Bonchev–Trinajstić information content (AvgIpc) is 2.45. The Morgan fingerprint density at radius 3 is 2.43 bits per heavy atom. The van der Waals surface area contributed by atoms with Gasteiger partial charge in [0.25, 0.3) is 0 Å². The van der Waals surface area contributed by atoms with Crippen LogP contribution in [0.3, 0.4) is 0 Å². The first-order chi connectivity index (χ1) is 9.86. The van der Waals surface area contributed by atoms with Crippen molar-refractivity contribution in [1.29, 1.82) is 0 Å². The molecule has 1 aromatic carbocycles. The minimum Gasteiger partial charge on any atom is -0.468 e. The predicted octanol–water partition coefficient (Wildman–Crippen LogP) is 2.71. The molecule has 0 radical (unpaired) electrons. The third-order valence-corrected chi connectivity index (χ3v) is 5.69. The minimum absolute atomic E-state index is 0.0178. The van der Waals surface area contributed by atoms with Crippen LogP contribution < -0.4 is 0 Å². The molecule has 0 bridgehead atoms. The fourth-order valence-corrected chi connectivity index (χ4v) is 4.75. The molecule has 21 heavy (non-hydrogen) atoms. The molecule has 2 rings (SSSR count). The number of rotatable bonds is 3. The Bertz CT molecular complexity index is 627. The van der Waals surface area contributed by atoms with Crippen LogP contribution in [0.5, 0.6) is 0 Å². The zero-order chi connectivity index (χ0) is 15.6. The van der Waals surface area contributed by atoms with Crippen LogP contribution in [-0.4, -0.2) is 38.4 Å². The summed E-state index contributed by atoms with van der Waals surface area (Å²) < 4.78 is 31.3. The number of carbonyl (C=O) groups is 1.